The van der Waals surface area contributed by atoms with Crippen LogP contribution >= 0.6 is 0 Å². The largest absolute Gasteiger partial charge is 0.384 e. The molecule has 1 unspecified atom stereocenters. The van der Waals surface area contributed by atoms with Gasteiger partial charge in [-0.05, 0) is 25.0 Å². The smallest absolute Gasteiger partial charge is 0.135 e. The van der Waals surface area contributed by atoms with Crippen molar-refractivity contribution in [3.05, 3.63) is 34.9 Å². The Morgan fingerprint density at radius 2 is 2.00 bits per heavy atom. The van der Waals surface area contributed by atoms with Crippen LogP contribution in [0.3, 0.4) is 0 Å². The quantitative estimate of drug-likeness (QED) is 0.831. The Morgan fingerprint density at radius 3 is 2.50 bits per heavy atom. The molecule has 1 aromatic carbocycles. The first kappa shape index (κ1) is 13.1. The van der Waals surface area contributed by atoms with E-state index in [1.807, 2.05) is 6.92 Å². The molecule has 0 aliphatic carbocycles. The van der Waals surface area contributed by atoms with Gasteiger partial charge in [0.2, 0.25) is 0 Å². The highest BCUT2D eigenvalue weighted by atomic mass is 19.1. The van der Waals surface area contributed by atoms with Crippen molar-refractivity contribution in [1.29, 1.82) is 0 Å². The van der Waals surface area contributed by atoms with Crippen molar-refractivity contribution >= 4 is 0 Å². The third-order valence-electron chi connectivity index (χ3n) is 2.75. The molecule has 3 N–H and O–H groups in total. The van der Waals surface area contributed by atoms with E-state index in [1.54, 1.807) is 0 Å². The van der Waals surface area contributed by atoms with Crippen LogP contribution in [0.15, 0.2) is 12.1 Å². The average Bonchev–Trinajstić information content (AvgIpc) is 2.24. The summed E-state index contributed by atoms with van der Waals surface area (Å²) in [6, 6.07) is 2.50. The van der Waals surface area contributed by atoms with Crippen LogP contribution in [0.1, 0.15) is 30.9 Å². The molecule has 1 rings (SSSR count). The summed E-state index contributed by atoms with van der Waals surface area (Å²) in [5.74, 6) is -1.45. The molecule has 0 aliphatic rings. The third-order valence-corrected chi connectivity index (χ3v) is 2.75. The van der Waals surface area contributed by atoms with Crippen molar-refractivity contribution in [2.75, 3.05) is 6.54 Å². The molecule has 0 fully saturated rings. The van der Waals surface area contributed by atoms with Gasteiger partial charge < -0.3 is 10.8 Å². The Balaban J connectivity index is 3.34. The van der Waals surface area contributed by atoms with E-state index in [-0.39, 0.29) is 18.5 Å². The van der Waals surface area contributed by atoms with Gasteiger partial charge in [0.25, 0.3) is 0 Å². The molecular weight excluding hydrogens is 212 g/mol. The Bertz CT molecular complexity index is 382. The van der Waals surface area contributed by atoms with Gasteiger partial charge in [0.1, 0.15) is 17.2 Å². The minimum atomic E-state index is -1.62. The third kappa shape index (κ3) is 2.23. The van der Waals surface area contributed by atoms with Crippen molar-refractivity contribution in [2.24, 2.45) is 5.73 Å². The first-order valence-electron chi connectivity index (χ1n) is 5.33. The lowest BCUT2D eigenvalue weighted by molar-refractivity contribution is 0.0285. The average molecular weight is 229 g/mol. The predicted molar refractivity (Wildman–Crippen MR) is 59.0 cm³/mol. The van der Waals surface area contributed by atoms with Gasteiger partial charge in [-0.15, -0.1) is 0 Å². The fourth-order valence-corrected chi connectivity index (χ4v) is 1.83. The van der Waals surface area contributed by atoms with Gasteiger partial charge in [0, 0.05) is 6.54 Å². The van der Waals surface area contributed by atoms with Crippen molar-refractivity contribution in [1.82, 2.24) is 0 Å². The Hall–Kier alpha value is -1.00. The minimum Gasteiger partial charge on any atom is -0.384 e. The van der Waals surface area contributed by atoms with E-state index in [0.29, 0.717) is 12.0 Å². The highest BCUT2D eigenvalue weighted by molar-refractivity contribution is 5.31. The van der Waals surface area contributed by atoms with Gasteiger partial charge in [-0.2, -0.15) is 0 Å². The molecule has 0 saturated heterocycles. The zero-order valence-electron chi connectivity index (χ0n) is 9.56. The summed E-state index contributed by atoms with van der Waals surface area (Å²) in [7, 11) is 0. The molecule has 0 saturated carbocycles. The lowest BCUT2D eigenvalue weighted by Gasteiger charge is -2.28. The van der Waals surface area contributed by atoms with E-state index >= 15 is 0 Å². The van der Waals surface area contributed by atoms with Crippen molar-refractivity contribution < 1.29 is 13.9 Å². The number of nitrogens with two attached hydrogens (primary N) is 1. The number of hydrogen-bond donors (Lipinski definition) is 2. The van der Waals surface area contributed by atoms with E-state index < -0.39 is 17.2 Å². The van der Waals surface area contributed by atoms with Crippen LogP contribution in [0.4, 0.5) is 8.78 Å². The summed E-state index contributed by atoms with van der Waals surface area (Å²) >= 11 is 0. The number of rotatable bonds is 4. The van der Waals surface area contributed by atoms with Gasteiger partial charge in [0.15, 0.2) is 0 Å². The van der Waals surface area contributed by atoms with Gasteiger partial charge in [-0.1, -0.05) is 19.4 Å². The van der Waals surface area contributed by atoms with Crippen LogP contribution in [0.5, 0.6) is 0 Å². The topological polar surface area (TPSA) is 46.2 Å². The van der Waals surface area contributed by atoms with Crippen molar-refractivity contribution in [3.63, 3.8) is 0 Å². The molecular formula is C12H17F2NO. The standard InChI is InChI=1S/C12H17F2NO/c1-3-6-12(16,7-15)10-9(13)5-4-8(2)11(10)14/h4-5,16H,3,6-7,15H2,1-2H3. The first-order chi connectivity index (χ1) is 7.46. The summed E-state index contributed by atoms with van der Waals surface area (Å²) in [6.45, 7) is 3.16. The molecule has 0 heterocycles. The molecule has 0 bridgehead atoms. The lowest BCUT2D eigenvalue weighted by Crippen LogP contribution is -2.37. The highest BCUT2D eigenvalue weighted by Gasteiger charge is 2.33. The van der Waals surface area contributed by atoms with Crippen LogP contribution in [0.25, 0.3) is 0 Å². The number of aliphatic hydroxyl groups is 1. The number of hydrogen-bond acceptors (Lipinski definition) is 2. The summed E-state index contributed by atoms with van der Waals surface area (Å²) in [6.07, 6.45) is 0.835. The first-order valence-corrected chi connectivity index (χ1v) is 5.33. The maximum atomic E-state index is 13.8. The van der Waals surface area contributed by atoms with Crippen molar-refractivity contribution in [2.45, 2.75) is 32.3 Å². The molecule has 0 aromatic heterocycles. The number of aryl methyl sites for hydroxylation is 1. The number of halogens is 2. The fourth-order valence-electron chi connectivity index (χ4n) is 1.83. The highest BCUT2D eigenvalue weighted by Crippen LogP contribution is 2.31. The molecule has 90 valence electrons. The van der Waals surface area contributed by atoms with Gasteiger partial charge in [-0.3, -0.25) is 0 Å². The molecule has 1 atom stereocenters. The maximum Gasteiger partial charge on any atom is 0.135 e. The lowest BCUT2D eigenvalue weighted by atomic mass is 9.87. The molecule has 0 spiro atoms. The second-order valence-corrected chi connectivity index (χ2v) is 4.04. The van der Waals surface area contributed by atoms with Crippen LogP contribution in [-0.4, -0.2) is 11.7 Å². The Morgan fingerprint density at radius 1 is 1.38 bits per heavy atom. The molecule has 1 aromatic rings. The fraction of sp³-hybridized carbons (Fsp3) is 0.500. The van der Waals surface area contributed by atoms with E-state index in [4.69, 9.17) is 5.73 Å². The Labute approximate surface area is 94.1 Å². The normalized spacial score (nSPS) is 14.9. The van der Waals surface area contributed by atoms with Gasteiger partial charge in [-0.25, -0.2) is 8.78 Å². The van der Waals surface area contributed by atoms with Gasteiger partial charge >= 0.3 is 0 Å². The molecule has 16 heavy (non-hydrogen) atoms. The second kappa shape index (κ2) is 4.89. The van der Waals surface area contributed by atoms with E-state index in [2.05, 4.69) is 0 Å². The summed E-state index contributed by atoms with van der Waals surface area (Å²) < 4.78 is 27.4. The SMILES string of the molecule is CCCC(O)(CN)c1c(F)ccc(C)c1F. The van der Waals surface area contributed by atoms with Crippen LogP contribution in [0, 0.1) is 18.6 Å². The Kier molecular flexibility index (Phi) is 3.99. The number of benzene rings is 1. The molecule has 4 heteroatoms. The van der Waals surface area contributed by atoms with E-state index in [9.17, 15) is 13.9 Å². The van der Waals surface area contributed by atoms with E-state index in [0.717, 1.165) is 6.07 Å². The summed E-state index contributed by atoms with van der Waals surface area (Å²) in [5, 5.41) is 10.2. The summed E-state index contributed by atoms with van der Waals surface area (Å²) in [4.78, 5) is 0. The van der Waals surface area contributed by atoms with Gasteiger partial charge in [0.05, 0.1) is 5.56 Å². The summed E-state index contributed by atoms with van der Waals surface area (Å²) in [5.41, 5.74) is 3.81. The zero-order valence-corrected chi connectivity index (χ0v) is 9.56. The second-order valence-electron chi connectivity index (χ2n) is 4.04. The van der Waals surface area contributed by atoms with Crippen LogP contribution < -0.4 is 5.73 Å². The minimum absolute atomic E-state index is 0.196. The van der Waals surface area contributed by atoms with Crippen LogP contribution in [0.2, 0.25) is 0 Å². The van der Waals surface area contributed by atoms with Crippen molar-refractivity contribution in [3.8, 4) is 0 Å². The maximum absolute atomic E-state index is 13.8. The molecule has 0 aliphatic heterocycles. The monoisotopic (exact) mass is 229 g/mol. The molecule has 2 nitrogen and oxygen atoms in total. The molecule has 0 radical (unpaired) electrons. The zero-order chi connectivity index (χ0) is 12.3. The predicted octanol–water partition coefficient (Wildman–Crippen LogP) is 2.22. The van der Waals surface area contributed by atoms with E-state index in [1.165, 1.54) is 13.0 Å². The molecule has 0 amide bonds. The van der Waals surface area contributed by atoms with Crippen LogP contribution in [-0.2, 0) is 5.60 Å².